The highest BCUT2D eigenvalue weighted by Gasteiger charge is 2.31. The van der Waals surface area contributed by atoms with Crippen LogP contribution in [0, 0.1) is 5.41 Å². The SMILES string of the molecule is CNc1cccc(C(=O)NCC2(C)CCC2)n1. The molecule has 0 aliphatic heterocycles. The molecule has 2 rings (SSSR count). The van der Waals surface area contributed by atoms with Crippen LogP contribution in [-0.2, 0) is 0 Å². The number of rotatable bonds is 4. The number of nitrogens with zero attached hydrogens (tertiary/aromatic N) is 1. The third-order valence-electron chi connectivity index (χ3n) is 3.47. The molecule has 0 radical (unpaired) electrons. The highest BCUT2D eigenvalue weighted by atomic mass is 16.1. The summed E-state index contributed by atoms with van der Waals surface area (Å²) in [7, 11) is 1.79. The molecule has 0 spiro atoms. The van der Waals surface area contributed by atoms with Crippen molar-refractivity contribution in [3.8, 4) is 0 Å². The Balaban J connectivity index is 1.94. The van der Waals surface area contributed by atoms with Crippen molar-refractivity contribution >= 4 is 11.7 Å². The Morgan fingerprint density at radius 2 is 2.24 bits per heavy atom. The first-order valence-electron chi connectivity index (χ1n) is 6.06. The minimum atomic E-state index is -0.0878. The van der Waals surface area contributed by atoms with Gasteiger partial charge in [-0.2, -0.15) is 0 Å². The maximum absolute atomic E-state index is 11.9. The minimum Gasteiger partial charge on any atom is -0.373 e. The van der Waals surface area contributed by atoms with Gasteiger partial charge in [0.15, 0.2) is 0 Å². The maximum Gasteiger partial charge on any atom is 0.269 e. The number of pyridine rings is 1. The summed E-state index contributed by atoms with van der Waals surface area (Å²) in [6.07, 6.45) is 3.69. The second-order valence-electron chi connectivity index (χ2n) is 5.00. The first kappa shape index (κ1) is 11.9. The number of amides is 1. The predicted octanol–water partition coefficient (Wildman–Crippen LogP) is 2.04. The number of carbonyl (C=O) groups is 1. The standard InChI is InChI=1S/C13H19N3O/c1-13(7-4-8-13)9-15-12(17)10-5-3-6-11(14-2)16-10/h3,5-6H,4,7-9H2,1-2H3,(H,14,16)(H,15,17). The Morgan fingerprint density at radius 1 is 1.47 bits per heavy atom. The van der Waals surface area contributed by atoms with E-state index >= 15 is 0 Å². The van der Waals surface area contributed by atoms with Gasteiger partial charge in [-0.1, -0.05) is 19.4 Å². The summed E-state index contributed by atoms with van der Waals surface area (Å²) in [6.45, 7) is 2.96. The summed E-state index contributed by atoms with van der Waals surface area (Å²) in [4.78, 5) is 16.1. The van der Waals surface area contributed by atoms with Crippen LogP contribution in [0.1, 0.15) is 36.7 Å². The second-order valence-corrected chi connectivity index (χ2v) is 5.00. The monoisotopic (exact) mass is 233 g/mol. The number of aromatic nitrogens is 1. The summed E-state index contributed by atoms with van der Waals surface area (Å²) in [5.74, 6) is 0.628. The van der Waals surface area contributed by atoms with Crippen LogP contribution in [0.2, 0.25) is 0 Å². The third-order valence-corrected chi connectivity index (χ3v) is 3.47. The molecule has 92 valence electrons. The molecule has 1 heterocycles. The van der Waals surface area contributed by atoms with E-state index in [1.54, 1.807) is 13.1 Å². The molecule has 0 saturated heterocycles. The van der Waals surface area contributed by atoms with Crippen molar-refractivity contribution in [3.63, 3.8) is 0 Å². The van der Waals surface area contributed by atoms with Crippen LogP contribution in [0.15, 0.2) is 18.2 Å². The molecule has 4 heteroatoms. The van der Waals surface area contributed by atoms with Gasteiger partial charge in [0, 0.05) is 13.6 Å². The fourth-order valence-electron chi connectivity index (χ4n) is 2.04. The number of carbonyl (C=O) groups excluding carboxylic acids is 1. The molecule has 1 amide bonds. The van der Waals surface area contributed by atoms with Gasteiger partial charge in [0.25, 0.3) is 5.91 Å². The van der Waals surface area contributed by atoms with Gasteiger partial charge in [-0.05, 0) is 30.4 Å². The molecule has 1 aromatic rings. The quantitative estimate of drug-likeness (QED) is 0.836. The normalized spacial score (nSPS) is 17.1. The summed E-state index contributed by atoms with van der Waals surface area (Å²) in [5.41, 5.74) is 0.774. The smallest absolute Gasteiger partial charge is 0.269 e. The van der Waals surface area contributed by atoms with Crippen LogP contribution in [0.5, 0.6) is 0 Å². The molecule has 2 N–H and O–H groups in total. The third kappa shape index (κ3) is 2.75. The Bertz CT molecular complexity index is 413. The van der Waals surface area contributed by atoms with Crippen LogP contribution in [-0.4, -0.2) is 24.5 Å². The zero-order valence-electron chi connectivity index (χ0n) is 10.4. The largest absolute Gasteiger partial charge is 0.373 e. The van der Waals surface area contributed by atoms with Crippen molar-refractivity contribution in [3.05, 3.63) is 23.9 Å². The van der Waals surface area contributed by atoms with Gasteiger partial charge in [-0.3, -0.25) is 4.79 Å². The molecule has 0 unspecified atom stereocenters. The lowest BCUT2D eigenvalue weighted by Crippen LogP contribution is -2.40. The molecule has 1 aliphatic rings. The summed E-state index contributed by atoms with van der Waals surface area (Å²) in [6, 6.07) is 5.40. The van der Waals surface area contributed by atoms with Gasteiger partial charge in [-0.25, -0.2) is 4.98 Å². The van der Waals surface area contributed by atoms with E-state index in [9.17, 15) is 4.79 Å². The fourth-order valence-corrected chi connectivity index (χ4v) is 2.04. The molecule has 17 heavy (non-hydrogen) atoms. The van der Waals surface area contributed by atoms with Crippen molar-refractivity contribution in [2.75, 3.05) is 18.9 Å². The molecule has 0 atom stereocenters. The zero-order chi connectivity index (χ0) is 12.3. The highest BCUT2D eigenvalue weighted by Crippen LogP contribution is 2.39. The zero-order valence-corrected chi connectivity index (χ0v) is 10.4. The van der Waals surface area contributed by atoms with Gasteiger partial charge in [0.1, 0.15) is 11.5 Å². The lowest BCUT2D eigenvalue weighted by Gasteiger charge is -2.38. The number of hydrogen-bond donors (Lipinski definition) is 2. The number of nitrogens with one attached hydrogen (secondary N) is 2. The van der Waals surface area contributed by atoms with Crippen LogP contribution >= 0.6 is 0 Å². The molecule has 1 aromatic heterocycles. The Morgan fingerprint density at radius 3 is 2.82 bits per heavy atom. The van der Waals surface area contributed by atoms with E-state index in [2.05, 4.69) is 22.5 Å². The average molecular weight is 233 g/mol. The van der Waals surface area contributed by atoms with Crippen molar-refractivity contribution in [2.24, 2.45) is 5.41 Å². The van der Waals surface area contributed by atoms with Crippen molar-refractivity contribution < 1.29 is 4.79 Å². The molecular formula is C13H19N3O. The minimum absolute atomic E-state index is 0.0878. The van der Waals surface area contributed by atoms with Crippen molar-refractivity contribution in [1.29, 1.82) is 0 Å². The van der Waals surface area contributed by atoms with Gasteiger partial charge in [0.2, 0.25) is 0 Å². The van der Waals surface area contributed by atoms with Crippen molar-refractivity contribution in [1.82, 2.24) is 10.3 Å². The average Bonchev–Trinajstić information content (AvgIpc) is 2.33. The van der Waals surface area contributed by atoms with Gasteiger partial charge < -0.3 is 10.6 Å². The topological polar surface area (TPSA) is 54.0 Å². The molecular weight excluding hydrogens is 214 g/mol. The lowest BCUT2D eigenvalue weighted by atomic mass is 9.70. The molecule has 1 saturated carbocycles. The molecule has 0 bridgehead atoms. The predicted molar refractivity (Wildman–Crippen MR) is 68.1 cm³/mol. The summed E-state index contributed by atoms with van der Waals surface area (Å²) in [5, 5.41) is 5.89. The Labute approximate surface area is 102 Å². The van der Waals surface area contributed by atoms with Crippen LogP contribution in [0.4, 0.5) is 5.82 Å². The van der Waals surface area contributed by atoms with E-state index in [0.717, 1.165) is 6.54 Å². The first-order chi connectivity index (χ1) is 8.13. The first-order valence-corrected chi connectivity index (χ1v) is 6.06. The second kappa shape index (κ2) is 4.73. The molecule has 1 aliphatic carbocycles. The molecule has 1 fully saturated rings. The van der Waals surface area contributed by atoms with Crippen LogP contribution in [0.3, 0.4) is 0 Å². The van der Waals surface area contributed by atoms with Gasteiger partial charge in [-0.15, -0.1) is 0 Å². The van der Waals surface area contributed by atoms with Crippen LogP contribution < -0.4 is 10.6 Å². The van der Waals surface area contributed by atoms with E-state index in [0.29, 0.717) is 16.9 Å². The maximum atomic E-state index is 11.9. The van der Waals surface area contributed by atoms with Gasteiger partial charge in [0.05, 0.1) is 0 Å². The summed E-state index contributed by atoms with van der Waals surface area (Å²) >= 11 is 0. The van der Waals surface area contributed by atoms with E-state index in [4.69, 9.17) is 0 Å². The van der Waals surface area contributed by atoms with E-state index in [1.165, 1.54) is 19.3 Å². The summed E-state index contributed by atoms with van der Waals surface area (Å²) < 4.78 is 0. The number of anilines is 1. The van der Waals surface area contributed by atoms with Gasteiger partial charge >= 0.3 is 0 Å². The lowest BCUT2D eigenvalue weighted by molar-refractivity contribution is 0.0886. The number of hydrogen-bond acceptors (Lipinski definition) is 3. The van der Waals surface area contributed by atoms with Crippen LogP contribution in [0.25, 0.3) is 0 Å². The van der Waals surface area contributed by atoms with E-state index in [1.807, 2.05) is 12.1 Å². The van der Waals surface area contributed by atoms with Crippen molar-refractivity contribution in [2.45, 2.75) is 26.2 Å². The molecule has 4 nitrogen and oxygen atoms in total. The fraction of sp³-hybridized carbons (Fsp3) is 0.538. The van der Waals surface area contributed by atoms with E-state index in [-0.39, 0.29) is 5.91 Å². The van der Waals surface area contributed by atoms with E-state index < -0.39 is 0 Å². The molecule has 0 aromatic carbocycles. The Kier molecular flexibility index (Phi) is 3.31. The Hall–Kier alpha value is -1.58. The highest BCUT2D eigenvalue weighted by molar-refractivity contribution is 5.92.